The molecule has 0 bridgehead atoms. The van der Waals surface area contributed by atoms with Crippen LogP contribution in [0.25, 0.3) is 0 Å². The maximum absolute atomic E-state index is 13.5. The molecule has 0 aromatic heterocycles. The van der Waals surface area contributed by atoms with Gasteiger partial charge in [-0.1, -0.05) is 24.0 Å². The highest BCUT2D eigenvalue weighted by molar-refractivity contribution is 5.43. The van der Waals surface area contributed by atoms with Crippen LogP contribution in [0.15, 0.2) is 36.4 Å². The zero-order chi connectivity index (χ0) is 15.2. The van der Waals surface area contributed by atoms with Gasteiger partial charge in [0.1, 0.15) is 19.0 Å². The Morgan fingerprint density at radius 2 is 2.00 bits per heavy atom. The molecule has 0 radical (unpaired) electrons. The van der Waals surface area contributed by atoms with E-state index in [4.69, 9.17) is 9.84 Å². The van der Waals surface area contributed by atoms with Gasteiger partial charge in [-0.2, -0.15) is 0 Å². The summed E-state index contributed by atoms with van der Waals surface area (Å²) in [6, 6.07) is 9.26. The van der Waals surface area contributed by atoms with Crippen molar-refractivity contribution in [3.8, 4) is 17.6 Å². The van der Waals surface area contributed by atoms with E-state index in [0.29, 0.717) is 5.75 Å². The number of aliphatic hydroxyl groups excluding tert-OH is 1. The van der Waals surface area contributed by atoms with Crippen molar-refractivity contribution in [2.45, 2.75) is 13.5 Å². The molecule has 2 aromatic rings. The molecule has 108 valence electrons. The highest BCUT2D eigenvalue weighted by Gasteiger charge is 2.08. The van der Waals surface area contributed by atoms with Crippen LogP contribution in [-0.2, 0) is 6.61 Å². The Kier molecular flexibility index (Phi) is 4.91. The predicted molar refractivity (Wildman–Crippen MR) is 75.8 cm³/mol. The molecular formula is C17H14F2O2. The monoisotopic (exact) mass is 288 g/mol. The first-order chi connectivity index (χ1) is 10.1. The molecule has 2 rings (SSSR count). The summed E-state index contributed by atoms with van der Waals surface area (Å²) in [6.07, 6.45) is 0. The third kappa shape index (κ3) is 3.80. The van der Waals surface area contributed by atoms with Gasteiger partial charge in [0.2, 0.25) is 0 Å². The van der Waals surface area contributed by atoms with E-state index in [2.05, 4.69) is 11.8 Å². The van der Waals surface area contributed by atoms with Crippen molar-refractivity contribution in [2.75, 3.05) is 6.61 Å². The summed E-state index contributed by atoms with van der Waals surface area (Å²) in [5, 5.41) is 8.65. The van der Waals surface area contributed by atoms with Gasteiger partial charge in [0, 0.05) is 11.1 Å². The van der Waals surface area contributed by atoms with Crippen LogP contribution in [-0.4, -0.2) is 11.7 Å². The average molecular weight is 288 g/mol. The molecule has 0 spiro atoms. The largest absolute Gasteiger partial charge is 0.489 e. The minimum Gasteiger partial charge on any atom is -0.489 e. The molecule has 4 heteroatoms. The fraction of sp³-hybridized carbons (Fsp3) is 0.176. The van der Waals surface area contributed by atoms with Crippen LogP contribution in [0.4, 0.5) is 8.78 Å². The third-order valence-corrected chi connectivity index (χ3v) is 2.90. The maximum Gasteiger partial charge on any atom is 0.165 e. The first kappa shape index (κ1) is 15.0. The summed E-state index contributed by atoms with van der Waals surface area (Å²) in [5.41, 5.74) is 1.75. The molecule has 2 aromatic carbocycles. The van der Waals surface area contributed by atoms with Crippen molar-refractivity contribution in [1.29, 1.82) is 0 Å². The van der Waals surface area contributed by atoms with Crippen LogP contribution in [0.2, 0.25) is 0 Å². The van der Waals surface area contributed by atoms with E-state index < -0.39 is 11.6 Å². The Labute approximate surface area is 122 Å². The third-order valence-electron chi connectivity index (χ3n) is 2.90. The highest BCUT2D eigenvalue weighted by atomic mass is 19.2. The minimum atomic E-state index is -0.888. The molecule has 0 amide bonds. The van der Waals surface area contributed by atoms with Crippen LogP contribution in [0.1, 0.15) is 16.7 Å². The van der Waals surface area contributed by atoms with Gasteiger partial charge in [-0.05, 0) is 36.8 Å². The normalized spacial score (nSPS) is 9.90. The van der Waals surface area contributed by atoms with E-state index in [9.17, 15) is 8.78 Å². The summed E-state index contributed by atoms with van der Waals surface area (Å²) in [5.74, 6) is 4.15. The summed E-state index contributed by atoms with van der Waals surface area (Å²) >= 11 is 0. The number of benzene rings is 2. The molecule has 0 saturated heterocycles. The van der Waals surface area contributed by atoms with Crippen LogP contribution >= 0.6 is 0 Å². The average Bonchev–Trinajstić information content (AvgIpc) is 2.48. The Balaban J connectivity index is 2.12. The van der Waals surface area contributed by atoms with E-state index >= 15 is 0 Å². The minimum absolute atomic E-state index is 0.0495. The Morgan fingerprint density at radius 3 is 2.71 bits per heavy atom. The lowest BCUT2D eigenvalue weighted by atomic mass is 10.1. The molecule has 0 heterocycles. The number of aryl methyl sites for hydroxylation is 1. The van der Waals surface area contributed by atoms with Crippen molar-refractivity contribution in [3.05, 3.63) is 64.7 Å². The second kappa shape index (κ2) is 6.87. The number of hydrogen-bond donors (Lipinski definition) is 1. The number of ether oxygens (including phenoxy) is 1. The molecule has 0 aliphatic heterocycles. The van der Waals surface area contributed by atoms with Gasteiger partial charge in [0.05, 0.1) is 0 Å². The van der Waals surface area contributed by atoms with E-state index in [0.717, 1.165) is 17.2 Å². The molecule has 1 N–H and O–H groups in total. The summed E-state index contributed by atoms with van der Waals surface area (Å²) in [7, 11) is 0. The summed E-state index contributed by atoms with van der Waals surface area (Å²) in [4.78, 5) is 0. The van der Waals surface area contributed by atoms with Crippen molar-refractivity contribution in [1.82, 2.24) is 0 Å². The van der Waals surface area contributed by atoms with Gasteiger partial charge in [0.15, 0.2) is 11.6 Å². The molecule has 0 aliphatic carbocycles. The van der Waals surface area contributed by atoms with Crippen LogP contribution in [0, 0.1) is 30.4 Å². The van der Waals surface area contributed by atoms with Crippen molar-refractivity contribution < 1.29 is 18.6 Å². The van der Waals surface area contributed by atoms with Gasteiger partial charge in [-0.25, -0.2) is 8.78 Å². The quantitative estimate of drug-likeness (QED) is 0.879. The van der Waals surface area contributed by atoms with Gasteiger partial charge >= 0.3 is 0 Å². The Morgan fingerprint density at radius 1 is 1.19 bits per heavy atom. The number of hydrogen-bond acceptors (Lipinski definition) is 2. The standard InChI is InChI=1S/C17H14F2O2/c1-12-10-13(4-3-9-20)7-8-16(12)21-11-14-5-2-6-15(18)17(14)19/h2,5-8,10,20H,9,11H2,1H3. The second-order valence-electron chi connectivity index (χ2n) is 4.44. The van der Waals surface area contributed by atoms with Crippen LogP contribution in [0.3, 0.4) is 0 Å². The van der Waals surface area contributed by atoms with E-state index in [1.165, 1.54) is 12.1 Å². The lowest BCUT2D eigenvalue weighted by Gasteiger charge is -2.10. The highest BCUT2D eigenvalue weighted by Crippen LogP contribution is 2.21. The molecule has 0 unspecified atom stereocenters. The molecule has 0 saturated carbocycles. The number of rotatable bonds is 3. The summed E-state index contributed by atoms with van der Waals surface area (Å²) < 4.78 is 32.1. The molecule has 2 nitrogen and oxygen atoms in total. The van der Waals surface area contributed by atoms with Crippen molar-refractivity contribution in [2.24, 2.45) is 0 Å². The Hall–Kier alpha value is -2.38. The molecule has 21 heavy (non-hydrogen) atoms. The van der Waals surface area contributed by atoms with Gasteiger partial charge in [0.25, 0.3) is 0 Å². The number of aliphatic hydroxyl groups is 1. The van der Waals surface area contributed by atoms with Crippen LogP contribution in [0.5, 0.6) is 5.75 Å². The SMILES string of the molecule is Cc1cc(C#CCO)ccc1OCc1cccc(F)c1F. The maximum atomic E-state index is 13.5. The van der Waals surface area contributed by atoms with Crippen LogP contribution < -0.4 is 4.74 Å². The van der Waals surface area contributed by atoms with E-state index in [1.54, 1.807) is 18.2 Å². The predicted octanol–water partition coefficient (Wildman–Crippen LogP) is 3.20. The fourth-order valence-electron chi connectivity index (χ4n) is 1.85. The lowest BCUT2D eigenvalue weighted by molar-refractivity contribution is 0.295. The van der Waals surface area contributed by atoms with Crippen molar-refractivity contribution >= 4 is 0 Å². The zero-order valence-electron chi connectivity index (χ0n) is 11.5. The molecule has 0 fully saturated rings. The topological polar surface area (TPSA) is 29.5 Å². The first-order valence-electron chi connectivity index (χ1n) is 6.38. The lowest BCUT2D eigenvalue weighted by Crippen LogP contribution is -2.01. The first-order valence-corrected chi connectivity index (χ1v) is 6.38. The van der Waals surface area contributed by atoms with E-state index in [-0.39, 0.29) is 18.8 Å². The fourth-order valence-corrected chi connectivity index (χ4v) is 1.85. The number of halogens is 2. The zero-order valence-corrected chi connectivity index (χ0v) is 11.5. The smallest absolute Gasteiger partial charge is 0.165 e. The van der Waals surface area contributed by atoms with Gasteiger partial charge < -0.3 is 9.84 Å². The van der Waals surface area contributed by atoms with Gasteiger partial charge in [-0.15, -0.1) is 0 Å². The second-order valence-corrected chi connectivity index (χ2v) is 4.44. The molecule has 0 atom stereocenters. The Bertz CT molecular complexity index is 700. The van der Waals surface area contributed by atoms with Crippen molar-refractivity contribution in [3.63, 3.8) is 0 Å². The molecular weight excluding hydrogens is 274 g/mol. The van der Waals surface area contributed by atoms with Gasteiger partial charge in [-0.3, -0.25) is 0 Å². The molecule has 0 aliphatic rings. The van der Waals surface area contributed by atoms with E-state index in [1.807, 2.05) is 6.92 Å². The summed E-state index contributed by atoms with van der Waals surface area (Å²) in [6.45, 7) is 1.59.